The van der Waals surface area contributed by atoms with Crippen molar-refractivity contribution in [3.05, 3.63) is 29.3 Å². The molecule has 2 aromatic rings. The summed E-state index contributed by atoms with van der Waals surface area (Å²) in [5.41, 5.74) is 0.713. The van der Waals surface area contributed by atoms with Crippen molar-refractivity contribution in [3.8, 4) is 11.4 Å². The van der Waals surface area contributed by atoms with E-state index in [1.165, 1.54) is 29.3 Å². The summed E-state index contributed by atoms with van der Waals surface area (Å²) in [5.74, 6) is 7.99. The van der Waals surface area contributed by atoms with E-state index in [0.717, 1.165) is 6.42 Å². The minimum atomic E-state index is 0.00300. The Balaban J connectivity index is 1.60. The number of aromatic nitrogens is 3. The number of rotatable bonds is 5. The largest absolute Gasteiger partial charge is 0.352 e. The van der Waals surface area contributed by atoms with Crippen LogP contribution in [-0.4, -0.2) is 32.6 Å². The van der Waals surface area contributed by atoms with Crippen molar-refractivity contribution >= 4 is 29.3 Å². The Labute approximate surface area is 162 Å². The molecule has 6 nitrogen and oxygen atoms in total. The van der Waals surface area contributed by atoms with Crippen molar-refractivity contribution < 1.29 is 4.79 Å². The molecule has 1 aromatic carbocycles. The number of carbonyl (C=O) groups is 1. The third-order valence-corrected chi connectivity index (χ3v) is 6.44. The molecule has 0 aliphatic heterocycles. The molecule has 1 aliphatic rings. The first-order chi connectivity index (χ1) is 12.5. The van der Waals surface area contributed by atoms with Gasteiger partial charge in [-0.05, 0) is 30.4 Å². The Kier molecular flexibility index (Phi) is 6.09. The lowest BCUT2D eigenvalue weighted by Gasteiger charge is -2.34. The minimum absolute atomic E-state index is 0.00300. The molecule has 1 heterocycles. The first-order valence-electron chi connectivity index (χ1n) is 8.85. The first-order valence-corrected chi connectivity index (χ1v) is 10.2. The van der Waals surface area contributed by atoms with Crippen molar-refractivity contribution in [2.24, 2.45) is 11.8 Å². The van der Waals surface area contributed by atoms with Crippen molar-refractivity contribution in [2.75, 3.05) is 11.6 Å². The molecule has 0 saturated heterocycles. The van der Waals surface area contributed by atoms with E-state index >= 15 is 0 Å². The molecule has 0 spiro atoms. The Morgan fingerprint density at radius 1 is 1.35 bits per heavy atom. The second-order valence-corrected chi connectivity index (χ2v) is 8.24. The number of halogens is 1. The van der Waals surface area contributed by atoms with Gasteiger partial charge in [-0.1, -0.05) is 62.2 Å². The number of nitrogens with zero attached hydrogens (tertiary/aromatic N) is 3. The van der Waals surface area contributed by atoms with Crippen LogP contribution in [0.25, 0.3) is 11.4 Å². The van der Waals surface area contributed by atoms with E-state index in [-0.39, 0.29) is 17.7 Å². The molecule has 0 bridgehead atoms. The first kappa shape index (κ1) is 19.0. The Bertz CT molecular complexity index is 781. The van der Waals surface area contributed by atoms with Gasteiger partial charge in [-0.2, -0.15) is 0 Å². The molecule has 3 N–H and O–H groups in total. The molecular formula is C18H24ClN5OS. The number of nitrogen functional groups attached to an aromatic ring is 1. The summed E-state index contributed by atoms with van der Waals surface area (Å²) in [6.07, 6.45) is 3.46. The lowest BCUT2D eigenvalue weighted by Crippen LogP contribution is -2.44. The van der Waals surface area contributed by atoms with Gasteiger partial charge in [0.15, 0.2) is 5.82 Å². The highest BCUT2D eigenvalue weighted by molar-refractivity contribution is 7.99. The lowest BCUT2D eigenvalue weighted by molar-refractivity contribution is -0.120. The maximum absolute atomic E-state index is 12.3. The Morgan fingerprint density at radius 2 is 2.12 bits per heavy atom. The molecule has 1 fully saturated rings. The van der Waals surface area contributed by atoms with Gasteiger partial charge in [0.1, 0.15) is 0 Å². The van der Waals surface area contributed by atoms with Gasteiger partial charge in [-0.25, -0.2) is 4.68 Å². The minimum Gasteiger partial charge on any atom is -0.352 e. The molecule has 0 radical (unpaired) electrons. The van der Waals surface area contributed by atoms with Crippen LogP contribution in [0.1, 0.15) is 33.1 Å². The van der Waals surface area contributed by atoms with Crippen LogP contribution in [0.5, 0.6) is 0 Å². The zero-order valence-electron chi connectivity index (χ0n) is 15.0. The summed E-state index contributed by atoms with van der Waals surface area (Å²) < 4.78 is 1.38. The number of nitrogens with one attached hydrogen (secondary N) is 1. The lowest BCUT2D eigenvalue weighted by atomic mass is 9.78. The predicted molar refractivity (Wildman–Crippen MR) is 105 cm³/mol. The summed E-state index contributed by atoms with van der Waals surface area (Å²) in [7, 11) is 0. The number of thioether (sulfide) groups is 1. The van der Waals surface area contributed by atoms with Gasteiger partial charge in [0.05, 0.1) is 10.8 Å². The molecule has 1 aliphatic carbocycles. The topological polar surface area (TPSA) is 85.8 Å². The maximum Gasteiger partial charge on any atom is 0.230 e. The fourth-order valence-electron chi connectivity index (χ4n) is 3.37. The summed E-state index contributed by atoms with van der Waals surface area (Å²) >= 11 is 7.47. The van der Waals surface area contributed by atoms with E-state index in [9.17, 15) is 4.79 Å². The van der Waals surface area contributed by atoms with Crippen molar-refractivity contribution in [1.82, 2.24) is 20.2 Å². The predicted octanol–water partition coefficient (Wildman–Crippen LogP) is 3.35. The van der Waals surface area contributed by atoms with Crippen LogP contribution in [0, 0.1) is 11.8 Å². The second kappa shape index (κ2) is 8.31. The molecule has 0 unspecified atom stereocenters. The van der Waals surface area contributed by atoms with E-state index in [1.807, 2.05) is 18.2 Å². The molecule has 1 aromatic heterocycles. The van der Waals surface area contributed by atoms with Gasteiger partial charge < -0.3 is 11.2 Å². The quantitative estimate of drug-likeness (QED) is 0.601. The van der Waals surface area contributed by atoms with E-state index < -0.39 is 0 Å². The number of hydrogen-bond acceptors (Lipinski definition) is 5. The molecule has 26 heavy (non-hydrogen) atoms. The van der Waals surface area contributed by atoms with E-state index in [0.29, 0.717) is 33.4 Å². The molecule has 1 amide bonds. The summed E-state index contributed by atoms with van der Waals surface area (Å²) in [4.78, 5) is 12.3. The summed E-state index contributed by atoms with van der Waals surface area (Å²) in [5, 5.41) is 12.4. The number of amides is 1. The number of carbonyl (C=O) groups excluding carboxylic acids is 1. The number of nitrogens with two attached hydrogens (primary N) is 1. The number of hydrogen-bond donors (Lipinski definition) is 2. The van der Waals surface area contributed by atoms with Gasteiger partial charge in [0.2, 0.25) is 11.1 Å². The smallest absolute Gasteiger partial charge is 0.230 e. The standard InChI is InChI=1S/C18H24ClN5OS/c1-11-6-5-9-15(12(11)2)21-16(25)10-26-18-23-22-17(24(18)20)13-7-3-4-8-14(13)19/h3-4,7-8,11-12,15H,5-6,9-10,20H2,1-2H3,(H,21,25)/t11-,12-,15+/m1/s1. The fraction of sp³-hybridized carbons (Fsp3) is 0.500. The van der Waals surface area contributed by atoms with E-state index in [1.54, 1.807) is 6.07 Å². The van der Waals surface area contributed by atoms with Gasteiger partial charge >= 0.3 is 0 Å². The molecule has 8 heteroatoms. The maximum atomic E-state index is 12.3. The van der Waals surface area contributed by atoms with E-state index in [4.69, 9.17) is 17.4 Å². The zero-order chi connectivity index (χ0) is 18.7. The SMILES string of the molecule is C[C@@H]1[C@H](C)CCC[C@@H]1NC(=O)CSc1nnc(-c2ccccc2Cl)n1N. The zero-order valence-corrected chi connectivity index (χ0v) is 16.6. The average molecular weight is 394 g/mol. The van der Waals surface area contributed by atoms with Crippen LogP contribution >= 0.6 is 23.4 Å². The third-order valence-electron chi connectivity index (χ3n) is 5.16. The van der Waals surface area contributed by atoms with Crippen LogP contribution in [0.2, 0.25) is 5.02 Å². The molecule has 3 rings (SSSR count). The van der Waals surface area contributed by atoms with Crippen LogP contribution in [-0.2, 0) is 4.79 Å². The Hall–Kier alpha value is -1.73. The highest BCUT2D eigenvalue weighted by Gasteiger charge is 2.28. The van der Waals surface area contributed by atoms with Gasteiger partial charge in [0.25, 0.3) is 0 Å². The van der Waals surface area contributed by atoms with Crippen molar-refractivity contribution in [3.63, 3.8) is 0 Å². The van der Waals surface area contributed by atoms with E-state index in [2.05, 4.69) is 29.4 Å². The summed E-state index contributed by atoms with van der Waals surface area (Å²) in [6.45, 7) is 4.47. The van der Waals surface area contributed by atoms with Crippen LogP contribution in [0.4, 0.5) is 0 Å². The molecule has 3 atom stereocenters. The average Bonchev–Trinajstić information content (AvgIpc) is 2.98. The summed E-state index contributed by atoms with van der Waals surface area (Å²) in [6, 6.07) is 7.57. The van der Waals surface area contributed by atoms with Gasteiger partial charge in [-0.15, -0.1) is 10.2 Å². The van der Waals surface area contributed by atoms with Crippen LogP contribution in [0.15, 0.2) is 29.4 Å². The second-order valence-electron chi connectivity index (χ2n) is 6.89. The van der Waals surface area contributed by atoms with Gasteiger partial charge in [-0.3, -0.25) is 4.79 Å². The highest BCUT2D eigenvalue weighted by atomic mass is 35.5. The number of benzene rings is 1. The van der Waals surface area contributed by atoms with Crippen LogP contribution in [0.3, 0.4) is 0 Å². The third kappa shape index (κ3) is 4.15. The molecule has 140 valence electrons. The van der Waals surface area contributed by atoms with Gasteiger partial charge in [0, 0.05) is 11.6 Å². The highest BCUT2D eigenvalue weighted by Crippen LogP contribution is 2.30. The Morgan fingerprint density at radius 3 is 2.88 bits per heavy atom. The van der Waals surface area contributed by atoms with Crippen molar-refractivity contribution in [1.29, 1.82) is 0 Å². The monoisotopic (exact) mass is 393 g/mol. The molecule has 1 saturated carbocycles. The van der Waals surface area contributed by atoms with Crippen molar-refractivity contribution in [2.45, 2.75) is 44.3 Å². The normalized spacial score (nSPS) is 23.0. The fourth-order valence-corrected chi connectivity index (χ4v) is 4.25. The molecular weight excluding hydrogens is 370 g/mol. The van der Waals surface area contributed by atoms with Crippen LogP contribution < -0.4 is 11.2 Å².